The van der Waals surface area contributed by atoms with Gasteiger partial charge in [-0.15, -0.1) is 0 Å². The predicted molar refractivity (Wildman–Crippen MR) is 100 cm³/mol. The van der Waals surface area contributed by atoms with Gasteiger partial charge >= 0.3 is 6.09 Å². The molecule has 0 aliphatic carbocycles. The van der Waals surface area contributed by atoms with E-state index in [1.54, 1.807) is 11.0 Å². The zero-order valence-corrected chi connectivity index (χ0v) is 14.4. The Morgan fingerprint density at radius 3 is 2.81 bits per heavy atom. The molecule has 1 aromatic heterocycles. The highest BCUT2D eigenvalue weighted by Crippen LogP contribution is 2.23. The first-order valence-corrected chi connectivity index (χ1v) is 8.51. The number of carbonyl (C=O) groups is 2. The summed E-state index contributed by atoms with van der Waals surface area (Å²) in [6, 6.07) is 17.3. The summed E-state index contributed by atoms with van der Waals surface area (Å²) in [7, 11) is 0. The second-order valence-electron chi connectivity index (χ2n) is 6.30. The summed E-state index contributed by atoms with van der Waals surface area (Å²) in [5.41, 5.74) is 3.44. The largest absolute Gasteiger partial charge is 0.447 e. The third kappa shape index (κ3) is 3.01. The first-order chi connectivity index (χ1) is 12.6. The van der Waals surface area contributed by atoms with Crippen LogP contribution in [0.15, 0.2) is 54.6 Å². The summed E-state index contributed by atoms with van der Waals surface area (Å²) in [5.74, 6) is -0.115. The number of ether oxygens (including phenoxy) is 1. The highest BCUT2D eigenvalue weighted by atomic mass is 16.6. The standard InChI is InChI=1S/C20H19N3O3/c1-14-11-15-5-2-3-8-18(15)23(14)13-19(24)21-16-6-4-7-17(12-16)22-9-10-26-20(22)25/h2-8,11-12H,9-10,13H2,1H3,(H,21,24). The summed E-state index contributed by atoms with van der Waals surface area (Å²) >= 11 is 0. The molecule has 1 N–H and O–H groups in total. The zero-order valence-electron chi connectivity index (χ0n) is 14.4. The fourth-order valence-electron chi connectivity index (χ4n) is 3.28. The minimum atomic E-state index is -0.358. The summed E-state index contributed by atoms with van der Waals surface area (Å²) < 4.78 is 6.95. The van der Waals surface area contributed by atoms with Gasteiger partial charge < -0.3 is 14.6 Å². The van der Waals surface area contributed by atoms with Crippen LogP contribution in [0.4, 0.5) is 16.2 Å². The number of nitrogens with one attached hydrogen (secondary N) is 1. The number of aromatic nitrogens is 1. The second-order valence-corrected chi connectivity index (χ2v) is 6.30. The normalized spacial score (nSPS) is 13.9. The number of rotatable bonds is 4. The van der Waals surface area contributed by atoms with E-state index in [2.05, 4.69) is 11.4 Å². The van der Waals surface area contributed by atoms with Crippen LogP contribution in [-0.4, -0.2) is 29.7 Å². The second kappa shape index (κ2) is 6.55. The molecule has 6 nitrogen and oxygen atoms in total. The molecular formula is C20H19N3O3. The van der Waals surface area contributed by atoms with Crippen molar-refractivity contribution in [2.45, 2.75) is 13.5 Å². The maximum Gasteiger partial charge on any atom is 0.414 e. The quantitative estimate of drug-likeness (QED) is 0.783. The third-order valence-corrected chi connectivity index (χ3v) is 4.52. The van der Waals surface area contributed by atoms with Crippen molar-refractivity contribution in [1.29, 1.82) is 0 Å². The number of cyclic esters (lactones) is 1. The van der Waals surface area contributed by atoms with E-state index >= 15 is 0 Å². The van der Waals surface area contributed by atoms with Crippen molar-refractivity contribution in [3.63, 3.8) is 0 Å². The molecule has 1 aliphatic rings. The predicted octanol–water partition coefficient (Wildman–Crippen LogP) is 3.55. The van der Waals surface area contributed by atoms with Crippen LogP contribution in [0.2, 0.25) is 0 Å². The van der Waals surface area contributed by atoms with Crippen molar-refractivity contribution in [1.82, 2.24) is 4.57 Å². The highest BCUT2D eigenvalue weighted by Gasteiger charge is 2.23. The average Bonchev–Trinajstić information content (AvgIpc) is 3.19. The van der Waals surface area contributed by atoms with Gasteiger partial charge in [-0.2, -0.15) is 0 Å². The van der Waals surface area contributed by atoms with Crippen LogP contribution in [0.25, 0.3) is 10.9 Å². The molecule has 0 atom stereocenters. The Hall–Kier alpha value is -3.28. The molecule has 1 aliphatic heterocycles. The molecule has 26 heavy (non-hydrogen) atoms. The summed E-state index contributed by atoms with van der Waals surface area (Å²) in [6.45, 7) is 3.13. The molecule has 0 bridgehead atoms. The molecule has 1 saturated heterocycles. The maximum atomic E-state index is 12.5. The van der Waals surface area contributed by atoms with E-state index < -0.39 is 0 Å². The molecule has 2 heterocycles. The fourth-order valence-corrected chi connectivity index (χ4v) is 3.28. The van der Waals surface area contributed by atoms with Crippen LogP contribution in [0.1, 0.15) is 5.69 Å². The van der Waals surface area contributed by atoms with E-state index in [9.17, 15) is 9.59 Å². The molecular weight excluding hydrogens is 330 g/mol. The molecule has 3 aromatic rings. The van der Waals surface area contributed by atoms with Gasteiger partial charge in [0.2, 0.25) is 5.91 Å². The Kier molecular flexibility index (Phi) is 4.08. The molecule has 0 saturated carbocycles. The number of para-hydroxylation sites is 1. The van der Waals surface area contributed by atoms with Gasteiger partial charge in [0.25, 0.3) is 0 Å². The number of amides is 2. The maximum absolute atomic E-state index is 12.5. The molecule has 6 heteroatoms. The minimum absolute atomic E-state index is 0.115. The summed E-state index contributed by atoms with van der Waals surface area (Å²) in [6.07, 6.45) is -0.358. The van der Waals surface area contributed by atoms with Crippen molar-refractivity contribution in [3.8, 4) is 0 Å². The molecule has 2 amide bonds. The van der Waals surface area contributed by atoms with Crippen molar-refractivity contribution in [2.24, 2.45) is 0 Å². The van der Waals surface area contributed by atoms with Crippen LogP contribution >= 0.6 is 0 Å². The number of hydrogen-bond acceptors (Lipinski definition) is 3. The van der Waals surface area contributed by atoms with Crippen LogP contribution in [0, 0.1) is 6.92 Å². The molecule has 132 valence electrons. The third-order valence-electron chi connectivity index (χ3n) is 4.52. The minimum Gasteiger partial charge on any atom is -0.447 e. The van der Waals surface area contributed by atoms with Crippen LogP contribution < -0.4 is 10.2 Å². The lowest BCUT2D eigenvalue weighted by Crippen LogP contribution is -2.24. The van der Waals surface area contributed by atoms with E-state index in [1.165, 1.54) is 0 Å². The van der Waals surface area contributed by atoms with E-state index in [0.29, 0.717) is 24.5 Å². The van der Waals surface area contributed by atoms with Crippen LogP contribution in [0.5, 0.6) is 0 Å². The van der Waals surface area contributed by atoms with E-state index in [4.69, 9.17) is 4.74 Å². The van der Waals surface area contributed by atoms with Gasteiger partial charge in [0.05, 0.1) is 6.54 Å². The number of benzene rings is 2. The SMILES string of the molecule is Cc1cc2ccccc2n1CC(=O)Nc1cccc(N2CCOC2=O)c1. The lowest BCUT2D eigenvalue weighted by Gasteiger charge is -2.14. The number of hydrogen-bond donors (Lipinski definition) is 1. The summed E-state index contributed by atoms with van der Waals surface area (Å²) in [5, 5.41) is 4.03. The van der Waals surface area contributed by atoms with Gasteiger partial charge in [-0.25, -0.2) is 4.79 Å². The van der Waals surface area contributed by atoms with Gasteiger partial charge in [0.15, 0.2) is 0 Å². The number of anilines is 2. The van der Waals surface area contributed by atoms with Crippen molar-refractivity contribution >= 4 is 34.3 Å². The topological polar surface area (TPSA) is 63.6 Å². The Bertz CT molecular complexity index is 993. The Balaban J connectivity index is 1.51. The van der Waals surface area contributed by atoms with E-state index in [-0.39, 0.29) is 18.5 Å². The lowest BCUT2D eigenvalue weighted by molar-refractivity contribution is -0.116. The number of aryl methyl sites for hydroxylation is 1. The first kappa shape index (κ1) is 16.2. The molecule has 2 aromatic carbocycles. The van der Waals surface area contributed by atoms with Gasteiger partial charge in [0, 0.05) is 22.6 Å². The van der Waals surface area contributed by atoms with Crippen molar-refractivity contribution in [3.05, 3.63) is 60.3 Å². The molecule has 4 rings (SSSR count). The zero-order chi connectivity index (χ0) is 18.1. The number of nitrogens with zero attached hydrogens (tertiary/aromatic N) is 2. The number of carbonyl (C=O) groups excluding carboxylic acids is 2. The molecule has 0 spiro atoms. The Morgan fingerprint density at radius 1 is 1.15 bits per heavy atom. The van der Waals surface area contributed by atoms with Crippen LogP contribution in [0.3, 0.4) is 0 Å². The van der Waals surface area contributed by atoms with Crippen molar-refractivity contribution < 1.29 is 14.3 Å². The molecule has 0 radical (unpaired) electrons. The highest BCUT2D eigenvalue weighted by molar-refractivity contribution is 5.94. The van der Waals surface area contributed by atoms with Gasteiger partial charge in [0.1, 0.15) is 13.2 Å². The Morgan fingerprint density at radius 2 is 2.00 bits per heavy atom. The average molecular weight is 349 g/mol. The fraction of sp³-hybridized carbons (Fsp3) is 0.200. The van der Waals surface area contributed by atoms with E-state index in [0.717, 1.165) is 16.6 Å². The van der Waals surface area contributed by atoms with E-state index in [1.807, 2.05) is 54.0 Å². The molecule has 0 unspecified atom stereocenters. The molecule has 1 fully saturated rings. The Labute approximate surface area is 151 Å². The lowest BCUT2D eigenvalue weighted by atomic mass is 10.2. The smallest absolute Gasteiger partial charge is 0.414 e. The first-order valence-electron chi connectivity index (χ1n) is 8.51. The van der Waals surface area contributed by atoms with Gasteiger partial charge in [-0.1, -0.05) is 24.3 Å². The monoisotopic (exact) mass is 349 g/mol. The number of fused-ring (bicyclic) bond motifs is 1. The van der Waals surface area contributed by atoms with Crippen LogP contribution in [-0.2, 0) is 16.1 Å². The summed E-state index contributed by atoms with van der Waals surface area (Å²) in [4.78, 5) is 25.8. The van der Waals surface area contributed by atoms with Gasteiger partial charge in [-0.3, -0.25) is 9.69 Å². The van der Waals surface area contributed by atoms with Gasteiger partial charge in [-0.05, 0) is 42.6 Å². The van der Waals surface area contributed by atoms with Crippen molar-refractivity contribution in [2.75, 3.05) is 23.4 Å².